The number of unbranched alkanes of at least 4 members (excludes halogenated alkanes) is 52. The van der Waals surface area contributed by atoms with Crippen LogP contribution in [0.15, 0.2) is 24.3 Å². The molecule has 0 atom stereocenters. The zero-order valence-corrected chi connectivity index (χ0v) is 65.7. The van der Waals surface area contributed by atoms with Crippen LogP contribution < -0.4 is 10.9 Å². The van der Waals surface area contributed by atoms with Crippen LogP contribution in [0.3, 0.4) is 0 Å². The van der Waals surface area contributed by atoms with Crippen LogP contribution in [0.1, 0.15) is 435 Å². The summed E-state index contributed by atoms with van der Waals surface area (Å²) in [7, 11) is -3.27. The summed E-state index contributed by atoms with van der Waals surface area (Å²) in [5.41, 5.74) is 13.7. The van der Waals surface area contributed by atoms with Gasteiger partial charge in [0.25, 0.3) is 0 Å². The Labute approximate surface area is 601 Å². The molecule has 0 unspecified atom stereocenters. The molecular formula is C84H140B2N4O4Se2. The topological polar surface area (TPSA) is 132 Å². The molecule has 5 aromatic rings. The van der Waals surface area contributed by atoms with Gasteiger partial charge in [-0.05, 0) is 0 Å². The van der Waals surface area contributed by atoms with Crippen LogP contribution in [-0.2, 0) is 10.8 Å². The first-order valence-corrected chi connectivity index (χ1v) is 44.9. The third-order valence-electron chi connectivity index (χ3n) is 23.3. The molecule has 0 saturated carbocycles. The fraction of sp³-hybridized carbons (Fsp3) is 0.786. The fourth-order valence-electron chi connectivity index (χ4n) is 17.5. The van der Waals surface area contributed by atoms with Crippen molar-refractivity contribution in [3.8, 4) is 22.3 Å². The van der Waals surface area contributed by atoms with Crippen molar-refractivity contribution in [2.75, 3.05) is 0 Å². The summed E-state index contributed by atoms with van der Waals surface area (Å²) in [5, 5.41) is 45.4. The number of hydrogen-bond donors (Lipinski definition) is 4. The molecule has 4 N–H and O–H groups in total. The zero-order chi connectivity index (χ0) is 67.7. The van der Waals surface area contributed by atoms with Crippen molar-refractivity contribution < 1.29 is 20.1 Å². The van der Waals surface area contributed by atoms with E-state index in [2.05, 4.69) is 52.0 Å². The summed E-state index contributed by atoms with van der Waals surface area (Å²) in [5.74, 6) is 0. The minimum atomic E-state index is -1.63. The molecule has 0 fully saturated rings. The molecule has 0 saturated heterocycles. The summed E-state index contributed by atoms with van der Waals surface area (Å²) < 4.78 is 20.6. The monoisotopic (exact) mass is 1450 g/mol. The maximum atomic E-state index is 11.3. The molecule has 8 nitrogen and oxygen atoms in total. The molecule has 3 aromatic carbocycles. The number of rotatable bonds is 62. The molecule has 0 aliphatic heterocycles. The first kappa shape index (κ1) is 81.2. The van der Waals surface area contributed by atoms with E-state index in [-0.39, 0.29) is 40.8 Å². The second-order valence-electron chi connectivity index (χ2n) is 30.9. The number of fused-ring (bicyclic) bond motifs is 10. The van der Waals surface area contributed by atoms with Crippen molar-refractivity contribution in [3.05, 3.63) is 46.5 Å². The van der Waals surface area contributed by atoms with E-state index in [1.165, 1.54) is 378 Å². The average Bonchev–Trinajstić information content (AvgIpc) is 1.52. The molecule has 0 bridgehead atoms. The molecule has 2 aromatic heterocycles. The summed E-state index contributed by atoms with van der Waals surface area (Å²) >= 11 is -0.744. The molecule has 2 aliphatic rings. The quantitative estimate of drug-likeness (QED) is 0.0224. The molecule has 2 heterocycles. The molecule has 538 valence electrons. The van der Waals surface area contributed by atoms with Gasteiger partial charge in [-0.25, -0.2) is 0 Å². The Morgan fingerprint density at radius 2 is 0.438 bits per heavy atom. The Morgan fingerprint density at radius 3 is 0.635 bits per heavy atom. The number of hydrogen-bond acceptors (Lipinski definition) is 8. The van der Waals surface area contributed by atoms with Gasteiger partial charge in [-0.3, -0.25) is 0 Å². The van der Waals surface area contributed by atoms with Gasteiger partial charge in [-0.1, -0.05) is 233 Å². The average molecular weight is 1450 g/mol. The van der Waals surface area contributed by atoms with Gasteiger partial charge in [-0.2, -0.15) is 0 Å². The number of aromatic nitrogens is 4. The predicted octanol–water partition coefficient (Wildman–Crippen LogP) is 23.1. The van der Waals surface area contributed by atoms with E-state index in [1.54, 1.807) is 0 Å². The van der Waals surface area contributed by atoms with E-state index < -0.39 is 14.2 Å². The zero-order valence-electron chi connectivity index (χ0n) is 62.3. The van der Waals surface area contributed by atoms with Crippen molar-refractivity contribution in [1.82, 2.24) is 15.9 Å². The number of benzene rings is 3. The Hall–Kier alpha value is -2.13. The molecule has 96 heavy (non-hydrogen) atoms. The Bertz CT molecular complexity index is 2600. The van der Waals surface area contributed by atoms with Crippen molar-refractivity contribution >= 4 is 77.2 Å². The van der Waals surface area contributed by atoms with E-state index in [9.17, 15) is 20.1 Å². The fourth-order valence-corrected chi connectivity index (χ4v) is 19.9. The van der Waals surface area contributed by atoms with Gasteiger partial charge in [0.1, 0.15) is 0 Å². The van der Waals surface area contributed by atoms with Gasteiger partial charge in [0.15, 0.2) is 0 Å². The minimum absolute atomic E-state index is 0.345. The van der Waals surface area contributed by atoms with Crippen molar-refractivity contribution in [2.24, 2.45) is 0 Å². The van der Waals surface area contributed by atoms with Crippen LogP contribution in [0.25, 0.3) is 44.3 Å². The van der Waals surface area contributed by atoms with Crippen LogP contribution in [0, 0.1) is 0 Å². The van der Waals surface area contributed by atoms with Gasteiger partial charge in [0.05, 0.1) is 0 Å². The van der Waals surface area contributed by atoms with Crippen LogP contribution >= 0.6 is 0 Å². The van der Waals surface area contributed by atoms with Crippen molar-refractivity contribution in [1.29, 1.82) is 0 Å². The van der Waals surface area contributed by atoms with Gasteiger partial charge >= 0.3 is 373 Å². The van der Waals surface area contributed by atoms with E-state index in [0.29, 0.717) is 22.0 Å². The molecule has 0 amide bonds. The maximum absolute atomic E-state index is 11.3. The van der Waals surface area contributed by atoms with Gasteiger partial charge in [0.2, 0.25) is 0 Å². The van der Waals surface area contributed by atoms with Crippen molar-refractivity contribution in [2.45, 2.75) is 424 Å². The molecular weight excluding hydrogens is 1310 g/mol. The van der Waals surface area contributed by atoms with Crippen LogP contribution in [0.5, 0.6) is 0 Å². The third-order valence-corrected chi connectivity index (χ3v) is 25.5. The normalized spacial score (nSPS) is 13.6. The van der Waals surface area contributed by atoms with E-state index in [0.717, 1.165) is 62.4 Å². The Kier molecular flexibility index (Phi) is 40.5. The molecule has 12 heteroatoms. The SMILES string of the molecule is CCCCCCCCCCCCCCCCC1(CCCCCCCCCCCCCCCC)c2cc3c(cc2-c2c1cc(B(O)O)c1n[se]nc21)C(CCCCCCCCCCCCCCCC)(CCCCCCCCCCCCCCCC)c1cc(B(O)O)c2n[se]nc2c1-3. The molecule has 0 spiro atoms. The first-order chi connectivity index (χ1) is 47.3. The molecule has 0 radical (unpaired) electrons. The second-order valence-corrected chi connectivity index (χ2v) is 33.2. The standard InChI is InChI=1S/C84H140B2N4O4Se2/c1-5-9-13-17-21-25-29-33-37-41-45-49-53-57-61-83(62-58-54-50-46-42-38-34-30-26-22-18-14-10-6-2)71-65-70-72(66-69(71)77-73(83)67-75(85(91)92)79-81(77)89-95-87-79)84(74-68-76(86(93)94)80-82(78(70)74)90-96-88-80,63-59-55-51-47-43-39-35-31-27-23-19-15-11-7-3)64-60-56-52-48-44-40-36-32-28-24-20-16-12-8-4/h65-68,91-94H,5-64H2,1-4H3. The van der Waals surface area contributed by atoms with E-state index >= 15 is 0 Å². The van der Waals surface area contributed by atoms with Crippen LogP contribution in [-0.4, -0.2) is 80.2 Å². The van der Waals surface area contributed by atoms with E-state index in [1.807, 2.05) is 0 Å². The first-order valence-electron chi connectivity index (χ1n) is 41.8. The Balaban J connectivity index is 1.19. The number of nitrogens with zero attached hydrogens (tertiary/aromatic N) is 4. The summed E-state index contributed by atoms with van der Waals surface area (Å²) in [6.07, 6.45) is 78.4. The predicted molar refractivity (Wildman–Crippen MR) is 418 cm³/mol. The van der Waals surface area contributed by atoms with Crippen LogP contribution in [0.2, 0.25) is 0 Å². The van der Waals surface area contributed by atoms with Gasteiger partial charge < -0.3 is 0 Å². The van der Waals surface area contributed by atoms with Gasteiger partial charge in [-0.15, -0.1) is 0 Å². The van der Waals surface area contributed by atoms with E-state index in [4.69, 9.17) is 15.9 Å². The summed E-state index contributed by atoms with van der Waals surface area (Å²) in [6, 6.07) is 9.69. The molecule has 2 aliphatic carbocycles. The summed E-state index contributed by atoms with van der Waals surface area (Å²) in [4.78, 5) is 0. The van der Waals surface area contributed by atoms with Gasteiger partial charge in [0, 0.05) is 0 Å². The summed E-state index contributed by atoms with van der Waals surface area (Å²) in [6.45, 7) is 9.23. The third kappa shape index (κ3) is 25.1. The second kappa shape index (κ2) is 47.9. The molecule has 7 rings (SSSR count). The van der Waals surface area contributed by atoms with Crippen molar-refractivity contribution in [3.63, 3.8) is 0 Å². The van der Waals surface area contributed by atoms with Crippen LogP contribution in [0.4, 0.5) is 0 Å². The Morgan fingerprint density at radius 1 is 0.250 bits per heavy atom.